The van der Waals surface area contributed by atoms with Crippen molar-refractivity contribution in [1.29, 1.82) is 0 Å². The minimum Gasteiger partial charge on any atom is -0.495 e. The summed E-state index contributed by atoms with van der Waals surface area (Å²) in [4.78, 5) is 28.2. The van der Waals surface area contributed by atoms with Crippen molar-refractivity contribution in [1.82, 2.24) is 10.3 Å². The van der Waals surface area contributed by atoms with Crippen LogP contribution in [0.3, 0.4) is 0 Å². The van der Waals surface area contributed by atoms with Gasteiger partial charge in [0.15, 0.2) is 0 Å². The molecule has 0 radical (unpaired) electrons. The standard InChI is InChI=1S/C18H20N4O5S/c1-27-16-4-3-14(22-9-2-10-28(22,25)26)11-15(16)21-18(24)17(23)20-12-13-5-7-19-8-6-13/h3-8,11H,2,9-10,12H2,1H3,(H,20,23)(H,21,24). The summed E-state index contributed by atoms with van der Waals surface area (Å²) in [6, 6.07) is 8.08. The van der Waals surface area contributed by atoms with Gasteiger partial charge in [-0.15, -0.1) is 0 Å². The lowest BCUT2D eigenvalue weighted by Crippen LogP contribution is -2.35. The minimum atomic E-state index is -3.37. The molecule has 0 spiro atoms. The minimum absolute atomic E-state index is 0.0815. The molecule has 10 heteroatoms. The highest BCUT2D eigenvalue weighted by molar-refractivity contribution is 7.93. The Balaban J connectivity index is 1.72. The van der Waals surface area contributed by atoms with E-state index >= 15 is 0 Å². The summed E-state index contributed by atoms with van der Waals surface area (Å²) in [5.74, 6) is -1.31. The Kier molecular flexibility index (Phi) is 5.78. The van der Waals surface area contributed by atoms with Crippen LogP contribution in [0.4, 0.5) is 11.4 Å². The molecule has 0 atom stereocenters. The van der Waals surface area contributed by atoms with E-state index in [0.717, 1.165) is 5.56 Å². The van der Waals surface area contributed by atoms with Crippen LogP contribution in [-0.4, -0.2) is 44.6 Å². The van der Waals surface area contributed by atoms with Crippen LogP contribution >= 0.6 is 0 Å². The molecule has 28 heavy (non-hydrogen) atoms. The second kappa shape index (κ2) is 8.26. The average molecular weight is 404 g/mol. The number of amides is 2. The van der Waals surface area contributed by atoms with E-state index in [0.29, 0.717) is 24.4 Å². The fourth-order valence-corrected chi connectivity index (χ4v) is 4.38. The second-order valence-corrected chi connectivity index (χ2v) is 8.13. The van der Waals surface area contributed by atoms with Crippen molar-refractivity contribution in [3.63, 3.8) is 0 Å². The third-order valence-corrected chi connectivity index (χ3v) is 6.10. The molecule has 1 aromatic carbocycles. The third-order valence-electron chi connectivity index (χ3n) is 4.23. The first-order valence-electron chi connectivity index (χ1n) is 8.57. The molecule has 0 saturated carbocycles. The molecular formula is C18H20N4O5S. The Labute approximate surface area is 162 Å². The lowest BCUT2D eigenvalue weighted by molar-refractivity contribution is -0.136. The van der Waals surface area contributed by atoms with E-state index < -0.39 is 21.8 Å². The Bertz CT molecular complexity index is 979. The number of nitrogens with zero attached hydrogens (tertiary/aromatic N) is 2. The molecule has 2 aromatic rings. The third kappa shape index (κ3) is 4.39. The maximum absolute atomic E-state index is 12.2. The van der Waals surface area contributed by atoms with Crippen molar-refractivity contribution >= 4 is 33.2 Å². The van der Waals surface area contributed by atoms with Crippen molar-refractivity contribution in [3.05, 3.63) is 48.3 Å². The molecule has 3 rings (SSSR count). The van der Waals surface area contributed by atoms with Crippen LogP contribution in [0.15, 0.2) is 42.7 Å². The molecule has 1 aromatic heterocycles. The normalized spacial score (nSPS) is 15.1. The molecule has 2 amide bonds. The van der Waals surface area contributed by atoms with E-state index in [-0.39, 0.29) is 18.0 Å². The maximum Gasteiger partial charge on any atom is 0.313 e. The number of carbonyl (C=O) groups is 2. The number of aromatic nitrogens is 1. The number of hydrogen-bond acceptors (Lipinski definition) is 6. The van der Waals surface area contributed by atoms with Gasteiger partial charge in [-0.2, -0.15) is 0 Å². The van der Waals surface area contributed by atoms with Gasteiger partial charge >= 0.3 is 11.8 Å². The first-order chi connectivity index (χ1) is 13.4. The van der Waals surface area contributed by atoms with E-state index in [1.54, 1.807) is 36.7 Å². The molecule has 1 aliphatic heterocycles. The predicted octanol–water partition coefficient (Wildman–Crippen LogP) is 0.885. The number of pyridine rings is 1. The summed E-state index contributed by atoms with van der Waals surface area (Å²) in [5.41, 5.74) is 1.42. The second-order valence-electron chi connectivity index (χ2n) is 6.12. The molecule has 0 bridgehead atoms. The van der Waals surface area contributed by atoms with Crippen molar-refractivity contribution in [2.45, 2.75) is 13.0 Å². The van der Waals surface area contributed by atoms with Crippen LogP contribution in [0.1, 0.15) is 12.0 Å². The molecule has 148 valence electrons. The smallest absolute Gasteiger partial charge is 0.313 e. The van der Waals surface area contributed by atoms with Gasteiger partial charge in [0.2, 0.25) is 10.0 Å². The number of carbonyl (C=O) groups excluding carboxylic acids is 2. The van der Waals surface area contributed by atoms with Crippen LogP contribution in [0, 0.1) is 0 Å². The summed E-state index contributed by atoms with van der Waals surface area (Å²) >= 11 is 0. The largest absolute Gasteiger partial charge is 0.495 e. The van der Waals surface area contributed by atoms with Gasteiger partial charge in [-0.05, 0) is 42.3 Å². The Hall–Kier alpha value is -3.14. The van der Waals surface area contributed by atoms with Crippen LogP contribution in [0.5, 0.6) is 5.75 Å². The summed E-state index contributed by atoms with van der Waals surface area (Å²) in [6.45, 7) is 0.548. The SMILES string of the molecule is COc1ccc(N2CCCS2(=O)=O)cc1NC(=O)C(=O)NCc1ccncc1. The highest BCUT2D eigenvalue weighted by Gasteiger charge is 2.29. The van der Waals surface area contributed by atoms with Crippen LogP contribution in [0.2, 0.25) is 0 Å². The summed E-state index contributed by atoms with van der Waals surface area (Å²) in [6.07, 6.45) is 3.71. The van der Waals surface area contributed by atoms with E-state index in [1.165, 1.54) is 17.5 Å². The van der Waals surface area contributed by atoms with Gasteiger partial charge < -0.3 is 15.4 Å². The van der Waals surface area contributed by atoms with Crippen LogP contribution in [-0.2, 0) is 26.2 Å². The molecular weight excluding hydrogens is 384 g/mol. The highest BCUT2D eigenvalue weighted by atomic mass is 32.2. The van der Waals surface area contributed by atoms with Crippen molar-refractivity contribution in [2.75, 3.05) is 29.0 Å². The first kappa shape index (κ1) is 19.6. The number of hydrogen-bond donors (Lipinski definition) is 2. The van der Waals surface area contributed by atoms with E-state index in [9.17, 15) is 18.0 Å². The van der Waals surface area contributed by atoms with Crippen LogP contribution < -0.4 is 19.7 Å². The molecule has 0 aliphatic carbocycles. The Morgan fingerprint density at radius 1 is 1.18 bits per heavy atom. The highest BCUT2D eigenvalue weighted by Crippen LogP contribution is 2.32. The van der Waals surface area contributed by atoms with Gasteiger partial charge in [-0.3, -0.25) is 18.9 Å². The van der Waals surface area contributed by atoms with Crippen molar-refractivity contribution in [3.8, 4) is 5.75 Å². The van der Waals surface area contributed by atoms with Crippen molar-refractivity contribution < 1.29 is 22.7 Å². The first-order valence-corrected chi connectivity index (χ1v) is 10.2. The quantitative estimate of drug-likeness (QED) is 0.715. The van der Waals surface area contributed by atoms with Crippen LogP contribution in [0.25, 0.3) is 0 Å². The number of sulfonamides is 1. The molecule has 9 nitrogen and oxygen atoms in total. The van der Waals surface area contributed by atoms with Crippen molar-refractivity contribution in [2.24, 2.45) is 0 Å². The van der Waals surface area contributed by atoms with Gasteiger partial charge in [-0.1, -0.05) is 0 Å². The maximum atomic E-state index is 12.2. The monoisotopic (exact) mass is 404 g/mol. The fourth-order valence-electron chi connectivity index (χ4n) is 2.82. The fraction of sp³-hybridized carbons (Fsp3) is 0.278. The molecule has 0 unspecified atom stereocenters. The summed E-state index contributed by atoms with van der Waals surface area (Å²) in [5, 5.41) is 4.99. The summed E-state index contributed by atoms with van der Waals surface area (Å²) in [7, 11) is -1.95. The number of rotatable bonds is 5. The van der Waals surface area contributed by atoms with Gasteiger partial charge in [0, 0.05) is 25.5 Å². The number of benzene rings is 1. The zero-order valence-corrected chi connectivity index (χ0v) is 16.0. The number of nitrogens with one attached hydrogen (secondary N) is 2. The molecule has 1 aliphatic rings. The van der Waals surface area contributed by atoms with E-state index in [2.05, 4.69) is 15.6 Å². The molecule has 2 heterocycles. The Morgan fingerprint density at radius 2 is 1.93 bits per heavy atom. The van der Waals surface area contributed by atoms with Gasteiger partial charge in [-0.25, -0.2) is 8.42 Å². The predicted molar refractivity (Wildman–Crippen MR) is 103 cm³/mol. The Morgan fingerprint density at radius 3 is 2.57 bits per heavy atom. The van der Waals surface area contributed by atoms with Gasteiger partial charge in [0.05, 0.1) is 24.2 Å². The lowest BCUT2D eigenvalue weighted by atomic mass is 10.2. The van der Waals surface area contributed by atoms with Gasteiger partial charge in [0.1, 0.15) is 5.75 Å². The topological polar surface area (TPSA) is 118 Å². The average Bonchev–Trinajstić information content (AvgIpc) is 3.05. The number of ether oxygens (including phenoxy) is 1. The summed E-state index contributed by atoms with van der Waals surface area (Å²) < 4.78 is 30.7. The van der Waals surface area contributed by atoms with E-state index in [1.807, 2.05) is 0 Å². The van der Waals surface area contributed by atoms with E-state index in [4.69, 9.17) is 4.74 Å². The molecule has 1 fully saturated rings. The lowest BCUT2D eigenvalue weighted by Gasteiger charge is -2.19. The number of methoxy groups -OCH3 is 1. The zero-order valence-electron chi connectivity index (χ0n) is 15.2. The molecule has 2 N–H and O–H groups in total. The number of anilines is 2. The molecule has 1 saturated heterocycles. The zero-order chi connectivity index (χ0) is 20.1. The van der Waals surface area contributed by atoms with Gasteiger partial charge in [0.25, 0.3) is 0 Å².